The second-order valence-electron chi connectivity index (χ2n) is 6.32. The van der Waals surface area contributed by atoms with E-state index >= 15 is 0 Å². The van der Waals surface area contributed by atoms with E-state index in [1.807, 2.05) is 14.0 Å². The van der Waals surface area contributed by atoms with Crippen LogP contribution >= 0.6 is 47.2 Å². The molecule has 9 heteroatoms. The van der Waals surface area contributed by atoms with E-state index in [-0.39, 0.29) is 37.1 Å². The van der Waals surface area contributed by atoms with Gasteiger partial charge in [-0.3, -0.25) is 4.99 Å². The van der Waals surface area contributed by atoms with Crippen LogP contribution in [0.2, 0.25) is 10.0 Å². The fourth-order valence-electron chi connectivity index (χ4n) is 2.70. The van der Waals surface area contributed by atoms with Crippen molar-refractivity contribution < 1.29 is 14.6 Å². The van der Waals surface area contributed by atoms with Crippen molar-refractivity contribution in [2.24, 2.45) is 10.9 Å². The van der Waals surface area contributed by atoms with Crippen molar-refractivity contribution in [2.75, 3.05) is 46.5 Å². The number of benzene rings is 1. The molecule has 27 heavy (non-hydrogen) atoms. The lowest BCUT2D eigenvalue weighted by Crippen LogP contribution is -2.42. The molecule has 2 N–H and O–H groups in total. The third-order valence-corrected chi connectivity index (χ3v) is 4.85. The number of rotatable bonds is 8. The Morgan fingerprint density at radius 1 is 1.48 bits per heavy atom. The molecule has 0 aliphatic carbocycles. The lowest BCUT2D eigenvalue weighted by molar-refractivity contribution is 0.114. The van der Waals surface area contributed by atoms with Crippen LogP contribution in [0.25, 0.3) is 0 Å². The third-order valence-electron chi connectivity index (χ3n) is 4.05. The van der Waals surface area contributed by atoms with Crippen LogP contribution in [0.5, 0.6) is 5.75 Å². The van der Waals surface area contributed by atoms with Gasteiger partial charge in [0, 0.05) is 32.7 Å². The fraction of sp³-hybridized carbons (Fsp3) is 0.611. The van der Waals surface area contributed by atoms with Crippen molar-refractivity contribution >= 4 is 53.1 Å². The summed E-state index contributed by atoms with van der Waals surface area (Å²) in [6.07, 6.45) is 0.322. The molecule has 0 aromatic heterocycles. The molecule has 2 rings (SSSR count). The van der Waals surface area contributed by atoms with E-state index in [0.717, 1.165) is 38.7 Å². The summed E-state index contributed by atoms with van der Waals surface area (Å²) in [5.41, 5.74) is 0. The number of nitrogens with one attached hydrogen (secondary N) is 1. The Balaban J connectivity index is 0.00000364. The normalized spacial score (nSPS) is 18.0. The first kappa shape index (κ1) is 24.6. The summed E-state index contributed by atoms with van der Waals surface area (Å²) in [6, 6.07) is 5.15. The van der Waals surface area contributed by atoms with Gasteiger partial charge in [-0.15, -0.1) is 24.0 Å². The quantitative estimate of drug-likeness (QED) is 0.306. The molecule has 6 nitrogen and oxygen atoms in total. The van der Waals surface area contributed by atoms with E-state index in [1.165, 1.54) is 0 Å². The van der Waals surface area contributed by atoms with Gasteiger partial charge in [0.25, 0.3) is 0 Å². The van der Waals surface area contributed by atoms with Gasteiger partial charge in [0.2, 0.25) is 0 Å². The molecule has 1 aromatic rings. The zero-order valence-electron chi connectivity index (χ0n) is 15.7. The Morgan fingerprint density at radius 3 is 2.93 bits per heavy atom. The van der Waals surface area contributed by atoms with Crippen molar-refractivity contribution in [3.63, 3.8) is 0 Å². The highest BCUT2D eigenvalue weighted by atomic mass is 127. The highest BCUT2D eigenvalue weighted by Gasteiger charge is 2.19. The van der Waals surface area contributed by atoms with Crippen LogP contribution in [-0.4, -0.2) is 68.6 Å². The first-order chi connectivity index (χ1) is 12.5. The minimum Gasteiger partial charge on any atom is -0.489 e. The number of guanidine groups is 1. The van der Waals surface area contributed by atoms with Gasteiger partial charge in [-0.25, -0.2) is 0 Å². The monoisotopic (exact) mass is 531 g/mol. The predicted octanol–water partition coefficient (Wildman–Crippen LogP) is 3.28. The molecular formula is C18H28Cl2IN3O3. The first-order valence-corrected chi connectivity index (χ1v) is 9.59. The fourth-order valence-corrected chi connectivity index (χ4v) is 3.04. The number of hydrogen-bond acceptors (Lipinski definition) is 4. The van der Waals surface area contributed by atoms with Gasteiger partial charge in [-0.05, 0) is 25.5 Å². The minimum atomic E-state index is -0.748. The molecule has 1 aromatic carbocycles. The molecule has 1 aliphatic rings. The number of hydrogen-bond donors (Lipinski definition) is 2. The Hall–Kier alpha value is -0.480. The molecule has 1 fully saturated rings. The summed E-state index contributed by atoms with van der Waals surface area (Å²) in [5, 5.41) is 14.2. The largest absolute Gasteiger partial charge is 0.489 e. The second-order valence-corrected chi connectivity index (χ2v) is 7.11. The summed E-state index contributed by atoms with van der Waals surface area (Å²) < 4.78 is 11.0. The number of aliphatic imine (C=N–C) groups is 1. The zero-order chi connectivity index (χ0) is 18.9. The van der Waals surface area contributed by atoms with E-state index < -0.39 is 6.10 Å². The number of halogens is 3. The van der Waals surface area contributed by atoms with Crippen LogP contribution < -0.4 is 10.1 Å². The van der Waals surface area contributed by atoms with E-state index in [9.17, 15) is 5.11 Å². The Bertz CT molecular complexity index is 601. The molecule has 0 radical (unpaired) electrons. The average molecular weight is 532 g/mol. The van der Waals surface area contributed by atoms with Crippen molar-refractivity contribution in [1.29, 1.82) is 0 Å². The molecule has 154 valence electrons. The summed E-state index contributed by atoms with van der Waals surface area (Å²) in [7, 11) is 1.99. The van der Waals surface area contributed by atoms with Gasteiger partial charge in [0.05, 0.1) is 18.2 Å². The summed E-state index contributed by atoms with van der Waals surface area (Å²) in [5.74, 6) is 1.73. The summed E-state index contributed by atoms with van der Waals surface area (Å²) in [6.45, 7) is 5.58. The van der Waals surface area contributed by atoms with Gasteiger partial charge >= 0.3 is 0 Å². The summed E-state index contributed by atoms with van der Waals surface area (Å²) in [4.78, 5) is 6.58. The maximum Gasteiger partial charge on any atom is 0.193 e. The van der Waals surface area contributed by atoms with Crippen molar-refractivity contribution in [1.82, 2.24) is 10.2 Å². The lowest BCUT2D eigenvalue weighted by Gasteiger charge is -2.25. The van der Waals surface area contributed by atoms with E-state index in [1.54, 1.807) is 18.2 Å². The molecule has 2 atom stereocenters. The second kappa shape index (κ2) is 12.9. The standard InChI is InChI=1S/C18H27Cl2N3O3.HI/c1-3-21-18(23(2)10-13-7-8-25-11-13)22-9-14(24)12-26-16-6-4-5-15(19)17(16)20;/h4-6,13-14,24H,3,7-12H2,1-2H3,(H,21,22);1H. The lowest BCUT2D eigenvalue weighted by atomic mass is 10.1. The minimum absolute atomic E-state index is 0. The van der Waals surface area contributed by atoms with Gasteiger partial charge in [-0.2, -0.15) is 0 Å². The van der Waals surface area contributed by atoms with Crippen LogP contribution in [0.3, 0.4) is 0 Å². The van der Waals surface area contributed by atoms with Crippen LogP contribution in [-0.2, 0) is 4.74 Å². The Morgan fingerprint density at radius 2 is 2.26 bits per heavy atom. The number of aliphatic hydroxyl groups excluding tert-OH is 1. The maximum absolute atomic E-state index is 10.2. The smallest absolute Gasteiger partial charge is 0.193 e. The van der Waals surface area contributed by atoms with Crippen LogP contribution in [0.15, 0.2) is 23.2 Å². The maximum atomic E-state index is 10.2. The topological polar surface area (TPSA) is 66.3 Å². The van der Waals surface area contributed by atoms with Gasteiger partial charge in [0.15, 0.2) is 5.96 Å². The van der Waals surface area contributed by atoms with Gasteiger partial charge in [-0.1, -0.05) is 29.3 Å². The molecule has 0 saturated carbocycles. The molecule has 0 bridgehead atoms. The van der Waals surface area contributed by atoms with Crippen LogP contribution in [0, 0.1) is 5.92 Å². The Kier molecular flexibility index (Phi) is 11.7. The Labute approximate surface area is 188 Å². The van der Waals surface area contributed by atoms with Gasteiger partial charge in [0.1, 0.15) is 23.5 Å². The molecule has 2 unspecified atom stereocenters. The van der Waals surface area contributed by atoms with Crippen LogP contribution in [0.4, 0.5) is 0 Å². The SMILES string of the molecule is CCNC(=NCC(O)COc1cccc(Cl)c1Cl)N(C)CC1CCOC1.I. The van der Waals surface area contributed by atoms with Crippen molar-refractivity contribution in [2.45, 2.75) is 19.4 Å². The van der Waals surface area contributed by atoms with Crippen LogP contribution in [0.1, 0.15) is 13.3 Å². The number of ether oxygens (including phenoxy) is 2. The van der Waals surface area contributed by atoms with E-state index in [0.29, 0.717) is 21.7 Å². The van der Waals surface area contributed by atoms with E-state index in [2.05, 4.69) is 15.2 Å². The van der Waals surface area contributed by atoms with Crippen molar-refractivity contribution in [3.8, 4) is 5.75 Å². The number of aliphatic hydroxyl groups is 1. The molecule has 1 aliphatic heterocycles. The first-order valence-electron chi connectivity index (χ1n) is 8.83. The number of nitrogens with zero attached hydrogens (tertiary/aromatic N) is 2. The molecule has 0 amide bonds. The van der Waals surface area contributed by atoms with E-state index in [4.69, 9.17) is 32.7 Å². The third kappa shape index (κ3) is 8.19. The average Bonchev–Trinajstić information content (AvgIpc) is 3.12. The highest BCUT2D eigenvalue weighted by Crippen LogP contribution is 2.31. The van der Waals surface area contributed by atoms with Crippen molar-refractivity contribution in [3.05, 3.63) is 28.2 Å². The highest BCUT2D eigenvalue weighted by molar-refractivity contribution is 14.0. The zero-order valence-corrected chi connectivity index (χ0v) is 19.5. The molecular weight excluding hydrogens is 504 g/mol. The molecule has 1 saturated heterocycles. The summed E-state index contributed by atoms with van der Waals surface area (Å²) >= 11 is 12.0. The van der Waals surface area contributed by atoms with Gasteiger partial charge < -0.3 is 24.8 Å². The predicted molar refractivity (Wildman–Crippen MR) is 121 cm³/mol. The molecule has 0 spiro atoms. The molecule has 1 heterocycles.